The molecule has 2 aliphatic heterocycles. The number of carbonyl (C=O) groups excluding carboxylic acids is 1. The molecule has 0 spiro atoms. The summed E-state index contributed by atoms with van der Waals surface area (Å²) in [5, 5.41) is 9.41. The second-order valence-corrected chi connectivity index (χ2v) is 5.19. The predicted octanol–water partition coefficient (Wildman–Crippen LogP) is 1.44. The number of benzene rings is 1. The van der Waals surface area contributed by atoms with E-state index in [1.807, 2.05) is 0 Å². The summed E-state index contributed by atoms with van der Waals surface area (Å²) in [4.78, 5) is 14.3. The zero-order valence-electron chi connectivity index (χ0n) is 11.4. The molecule has 5 heteroatoms. The van der Waals surface area contributed by atoms with Crippen molar-refractivity contribution in [1.29, 1.82) is 0 Å². The lowest BCUT2D eigenvalue weighted by Crippen LogP contribution is -2.45. The molecular formula is C15H19NO4. The lowest BCUT2D eigenvalue weighted by molar-refractivity contribution is 0.0502. The number of likely N-dealkylation sites (tertiary alicyclic amines) is 1. The number of amides is 1. The number of carbonyl (C=O) groups is 1. The van der Waals surface area contributed by atoms with Crippen molar-refractivity contribution in [2.24, 2.45) is 0 Å². The van der Waals surface area contributed by atoms with Crippen LogP contribution in [0.3, 0.4) is 0 Å². The van der Waals surface area contributed by atoms with Crippen LogP contribution in [-0.4, -0.2) is 48.3 Å². The zero-order valence-corrected chi connectivity index (χ0v) is 11.4. The normalized spacial score (nSPS) is 21.6. The van der Waals surface area contributed by atoms with Gasteiger partial charge in [0.2, 0.25) is 0 Å². The molecule has 0 aromatic heterocycles. The van der Waals surface area contributed by atoms with Crippen molar-refractivity contribution in [3.63, 3.8) is 0 Å². The van der Waals surface area contributed by atoms with E-state index >= 15 is 0 Å². The number of rotatable bonds is 2. The van der Waals surface area contributed by atoms with E-state index in [9.17, 15) is 9.90 Å². The second kappa shape index (κ2) is 5.71. The fourth-order valence-corrected chi connectivity index (χ4v) is 2.80. The van der Waals surface area contributed by atoms with Gasteiger partial charge in [0.1, 0.15) is 13.2 Å². The van der Waals surface area contributed by atoms with Gasteiger partial charge in [-0.15, -0.1) is 0 Å². The van der Waals surface area contributed by atoms with E-state index in [0.29, 0.717) is 36.8 Å². The Balaban J connectivity index is 1.82. The smallest absolute Gasteiger partial charge is 0.254 e. The Morgan fingerprint density at radius 3 is 2.85 bits per heavy atom. The lowest BCUT2D eigenvalue weighted by atomic mass is 10.0. The minimum absolute atomic E-state index is 0.0241. The molecule has 1 amide bonds. The van der Waals surface area contributed by atoms with Gasteiger partial charge in [-0.3, -0.25) is 4.79 Å². The first-order valence-electron chi connectivity index (χ1n) is 7.11. The van der Waals surface area contributed by atoms with Crippen LogP contribution in [0.1, 0.15) is 29.6 Å². The monoisotopic (exact) mass is 277 g/mol. The maximum absolute atomic E-state index is 12.6. The highest BCUT2D eigenvalue weighted by Crippen LogP contribution is 2.31. The Morgan fingerprint density at radius 1 is 1.25 bits per heavy atom. The van der Waals surface area contributed by atoms with Gasteiger partial charge in [-0.2, -0.15) is 0 Å². The van der Waals surface area contributed by atoms with Crippen LogP contribution in [0.2, 0.25) is 0 Å². The fraction of sp³-hybridized carbons (Fsp3) is 0.533. The summed E-state index contributed by atoms with van der Waals surface area (Å²) in [7, 11) is 0. The number of fused-ring (bicyclic) bond motifs is 1. The van der Waals surface area contributed by atoms with Gasteiger partial charge in [-0.1, -0.05) is 0 Å². The first-order valence-corrected chi connectivity index (χ1v) is 7.11. The molecule has 1 aromatic rings. The van der Waals surface area contributed by atoms with E-state index in [-0.39, 0.29) is 18.6 Å². The van der Waals surface area contributed by atoms with E-state index in [1.54, 1.807) is 23.1 Å². The topological polar surface area (TPSA) is 59.0 Å². The maximum atomic E-state index is 12.6. The van der Waals surface area contributed by atoms with Crippen molar-refractivity contribution >= 4 is 5.91 Å². The highest BCUT2D eigenvalue weighted by Gasteiger charge is 2.27. The van der Waals surface area contributed by atoms with E-state index in [1.165, 1.54) is 0 Å². The number of hydrogen-bond donors (Lipinski definition) is 1. The molecule has 1 N–H and O–H groups in total. The Hall–Kier alpha value is -1.75. The summed E-state index contributed by atoms with van der Waals surface area (Å²) >= 11 is 0. The number of hydrogen-bond acceptors (Lipinski definition) is 4. The molecule has 1 aromatic carbocycles. The van der Waals surface area contributed by atoms with Crippen LogP contribution in [0.25, 0.3) is 0 Å². The SMILES string of the molecule is O=C(c1ccc2c(c1)OCCO2)N1CCCC[C@@H]1CO. The van der Waals surface area contributed by atoms with E-state index in [2.05, 4.69) is 0 Å². The molecule has 5 nitrogen and oxygen atoms in total. The summed E-state index contributed by atoms with van der Waals surface area (Å²) in [6, 6.07) is 5.21. The minimum atomic E-state index is -0.0653. The Labute approximate surface area is 118 Å². The highest BCUT2D eigenvalue weighted by molar-refractivity contribution is 5.95. The third kappa shape index (κ3) is 2.45. The highest BCUT2D eigenvalue weighted by atomic mass is 16.6. The summed E-state index contributed by atoms with van der Waals surface area (Å²) < 4.78 is 11.0. The Morgan fingerprint density at radius 2 is 2.05 bits per heavy atom. The first kappa shape index (κ1) is 13.2. The molecule has 0 radical (unpaired) electrons. The molecular weight excluding hydrogens is 258 g/mol. The second-order valence-electron chi connectivity index (χ2n) is 5.19. The standard InChI is InChI=1S/C15H19NO4/c17-10-12-3-1-2-6-16(12)15(18)11-4-5-13-14(9-11)20-8-7-19-13/h4-5,9,12,17H,1-3,6-8,10H2/t12-/m1/s1. The van der Waals surface area contributed by atoms with Crippen molar-refractivity contribution in [2.45, 2.75) is 25.3 Å². The molecule has 1 saturated heterocycles. The zero-order chi connectivity index (χ0) is 13.9. The number of aliphatic hydroxyl groups excluding tert-OH is 1. The average Bonchev–Trinajstić information content (AvgIpc) is 2.53. The van der Waals surface area contributed by atoms with E-state index in [0.717, 1.165) is 19.3 Å². The molecule has 2 heterocycles. The van der Waals surface area contributed by atoms with Crippen LogP contribution in [0.5, 0.6) is 11.5 Å². The van der Waals surface area contributed by atoms with Gasteiger partial charge in [0.15, 0.2) is 11.5 Å². The fourth-order valence-electron chi connectivity index (χ4n) is 2.80. The molecule has 0 bridgehead atoms. The van der Waals surface area contributed by atoms with Gasteiger partial charge in [-0.25, -0.2) is 0 Å². The van der Waals surface area contributed by atoms with Gasteiger partial charge in [0, 0.05) is 12.1 Å². The van der Waals surface area contributed by atoms with Crippen LogP contribution < -0.4 is 9.47 Å². The number of aliphatic hydroxyl groups is 1. The number of piperidine rings is 1. The molecule has 0 saturated carbocycles. The summed E-state index contributed by atoms with van der Waals surface area (Å²) in [5.74, 6) is 1.27. The van der Waals surface area contributed by atoms with Crippen molar-refractivity contribution in [3.05, 3.63) is 23.8 Å². The van der Waals surface area contributed by atoms with Crippen molar-refractivity contribution in [1.82, 2.24) is 4.90 Å². The minimum Gasteiger partial charge on any atom is -0.486 e. The third-order valence-corrected chi connectivity index (χ3v) is 3.89. The van der Waals surface area contributed by atoms with Gasteiger partial charge >= 0.3 is 0 Å². The van der Waals surface area contributed by atoms with Crippen LogP contribution in [0, 0.1) is 0 Å². The van der Waals surface area contributed by atoms with Crippen molar-refractivity contribution < 1.29 is 19.4 Å². The molecule has 2 aliphatic rings. The summed E-state index contributed by atoms with van der Waals surface area (Å²) in [6.07, 6.45) is 2.93. The maximum Gasteiger partial charge on any atom is 0.254 e. The van der Waals surface area contributed by atoms with Crippen molar-refractivity contribution in [3.8, 4) is 11.5 Å². The van der Waals surface area contributed by atoms with E-state index in [4.69, 9.17) is 9.47 Å². The van der Waals surface area contributed by atoms with E-state index < -0.39 is 0 Å². The van der Waals surface area contributed by atoms with Crippen LogP contribution in [0.4, 0.5) is 0 Å². The van der Waals surface area contributed by atoms with Gasteiger partial charge in [0.25, 0.3) is 5.91 Å². The third-order valence-electron chi connectivity index (χ3n) is 3.89. The summed E-state index contributed by atoms with van der Waals surface area (Å²) in [5.41, 5.74) is 0.592. The van der Waals surface area contributed by atoms with Gasteiger partial charge in [0.05, 0.1) is 12.6 Å². The van der Waals surface area contributed by atoms with Crippen LogP contribution in [0.15, 0.2) is 18.2 Å². The molecule has 0 unspecified atom stereocenters. The molecule has 1 fully saturated rings. The number of ether oxygens (including phenoxy) is 2. The molecule has 108 valence electrons. The molecule has 3 rings (SSSR count). The molecule has 1 atom stereocenters. The Bertz CT molecular complexity index is 503. The van der Waals surface area contributed by atoms with Crippen LogP contribution in [-0.2, 0) is 0 Å². The Kier molecular flexibility index (Phi) is 3.78. The largest absolute Gasteiger partial charge is 0.486 e. The predicted molar refractivity (Wildman–Crippen MR) is 73.2 cm³/mol. The first-order chi connectivity index (χ1) is 9.79. The quantitative estimate of drug-likeness (QED) is 0.888. The number of nitrogens with zero attached hydrogens (tertiary/aromatic N) is 1. The molecule has 0 aliphatic carbocycles. The lowest BCUT2D eigenvalue weighted by Gasteiger charge is -2.34. The molecule has 20 heavy (non-hydrogen) atoms. The summed E-state index contributed by atoms with van der Waals surface area (Å²) in [6.45, 7) is 1.78. The van der Waals surface area contributed by atoms with Gasteiger partial charge < -0.3 is 19.5 Å². The van der Waals surface area contributed by atoms with Crippen LogP contribution >= 0.6 is 0 Å². The van der Waals surface area contributed by atoms with Crippen molar-refractivity contribution in [2.75, 3.05) is 26.4 Å². The van der Waals surface area contributed by atoms with Gasteiger partial charge in [-0.05, 0) is 37.5 Å². The average molecular weight is 277 g/mol.